The fourth-order valence-electron chi connectivity index (χ4n) is 1.95. The van der Waals surface area contributed by atoms with E-state index in [1.807, 2.05) is 29.0 Å². The van der Waals surface area contributed by atoms with Crippen LogP contribution in [-0.2, 0) is 0 Å². The highest BCUT2D eigenvalue weighted by Crippen LogP contribution is 2.18. The van der Waals surface area contributed by atoms with Crippen LogP contribution < -0.4 is 15.4 Å². The first-order valence-electron chi connectivity index (χ1n) is 7.67. The third kappa shape index (κ3) is 5.92. The molecule has 2 rings (SSSR count). The zero-order chi connectivity index (χ0) is 16.5. The zero-order valence-corrected chi connectivity index (χ0v) is 13.9. The van der Waals surface area contributed by atoms with Crippen LogP contribution in [-0.4, -0.2) is 24.3 Å². The minimum atomic E-state index is -0.698. The van der Waals surface area contributed by atoms with Crippen molar-refractivity contribution in [2.75, 3.05) is 18.5 Å². The molecule has 0 aliphatic carbocycles. The second-order valence-electron chi connectivity index (χ2n) is 5.14. The Morgan fingerprint density at radius 1 is 1.39 bits per heavy atom. The van der Waals surface area contributed by atoms with Crippen LogP contribution in [0.5, 0.6) is 5.75 Å². The largest absolute Gasteiger partial charge is 0.494 e. The van der Waals surface area contributed by atoms with E-state index < -0.39 is 6.10 Å². The van der Waals surface area contributed by atoms with Gasteiger partial charge in [0.2, 0.25) is 0 Å². The SMILES string of the molecule is CCCCOc1cccc(NC(=O)NCC(O)c2ccsc2)c1. The van der Waals surface area contributed by atoms with E-state index in [9.17, 15) is 9.90 Å². The number of carbonyl (C=O) groups excluding carboxylic acids is 1. The van der Waals surface area contributed by atoms with Crippen LogP contribution in [0.25, 0.3) is 0 Å². The molecule has 1 heterocycles. The summed E-state index contributed by atoms with van der Waals surface area (Å²) < 4.78 is 5.61. The molecule has 23 heavy (non-hydrogen) atoms. The number of carbonyl (C=O) groups is 1. The number of nitrogens with one attached hydrogen (secondary N) is 2. The Morgan fingerprint density at radius 2 is 2.26 bits per heavy atom. The average molecular weight is 334 g/mol. The van der Waals surface area contributed by atoms with Gasteiger partial charge in [0.15, 0.2) is 0 Å². The summed E-state index contributed by atoms with van der Waals surface area (Å²) in [6.45, 7) is 2.93. The molecule has 124 valence electrons. The maximum Gasteiger partial charge on any atom is 0.319 e. The highest BCUT2D eigenvalue weighted by molar-refractivity contribution is 7.07. The van der Waals surface area contributed by atoms with Crippen molar-refractivity contribution in [3.05, 3.63) is 46.7 Å². The average Bonchev–Trinajstić information content (AvgIpc) is 3.08. The molecule has 0 spiro atoms. The Morgan fingerprint density at radius 3 is 3.00 bits per heavy atom. The van der Waals surface area contributed by atoms with Gasteiger partial charge in [-0.25, -0.2) is 4.79 Å². The molecular formula is C17H22N2O3S. The highest BCUT2D eigenvalue weighted by atomic mass is 32.1. The number of anilines is 1. The van der Waals surface area contributed by atoms with Gasteiger partial charge in [0, 0.05) is 18.3 Å². The van der Waals surface area contributed by atoms with E-state index >= 15 is 0 Å². The number of hydrogen-bond donors (Lipinski definition) is 3. The van der Waals surface area contributed by atoms with Crippen LogP contribution in [0.4, 0.5) is 10.5 Å². The van der Waals surface area contributed by atoms with Gasteiger partial charge in [-0.05, 0) is 40.9 Å². The van der Waals surface area contributed by atoms with Crippen molar-refractivity contribution in [3.63, 3.8) is 0 Å². The van der Waals surface area contributed by atoms with Crippen molar-refractivity contribution in [1.82, 2.24) is 5.32 Å². The number of aliphatic hydroxyl groups excluding tert-OH is 1. The molecular weight excluding hydrogens is 312 g/mol. The number of rotatable bonds is 8. The van der Waals surface area contributed by atoms with Crippen molar-refractivity contribution in [3.8, 4) is 5.75 Å². The summed E-state index contributed by atoms with van der Waals surface area (Å²) in [5.74, 6) is 0.731. The molecule has 2 aromatic rings. The van der Waals surface area contributed by atoms with Gasteiger partial charge in [-0.15, -0.1) is 0 Å². The van der Waals surface area contributed by atoms with E-state index in [1.165, 1.54) is 11.3 Å². The molecule has 0 aliphatic heterocycles. The lowest BCUT2D eigenvalue weighted by Gasteiger charge is -2.12. The summed E-state index contributed by atoms with van der Waals surface area (Å²) in [5, 5.41) is 19.1. The first kappa shape index (κ1) is 17.3. The van der Waals surface area contributed by atoms with Crippen LogP contribution in [0, 0.1) is 0 Å². The number of unbranched alkanes of at least 4 members (excludes halogenated alkanes) is 1. The van der Waals surface area contributed by atoms with Crippen LogP contribution in [0.15, 0.2) is 41.1 Å². The van der Waals surface area contributed by atoms with E-state index in [2.05, 4.69) is 17.6 Å². The topological polar surface area (TPSA) is 70.6 Å². The third-order valence-electron chi connectivity index (χ3n) is 3.24. The lowest BCUT2D eigenvalue weighted by Crippen LogP contribution is -2.32. The molecule has 1 unspecified atom stereocenters. The summed E-state index contributed by atoms with van der Waals surface area (Å²) in [5.41, 5.74) is 1.46. The van der Waals surface area contributed by atoms with Gasteiger partial charge >= 0.3 is 6.03 Å². The molecule has 1 aromatic carbocycles. The van der Waals surface area contributed by atoms with Crippen molar-refractivity contribution in [2.24, 2.45) is 0 Å². The minimum absolute atomic E-state index is 0.162. The molecule has 0 radical (unpaired) electrons. The second kappa shape index (κ2) is 9.17. The Labute approximate surface area is 140 Å². The number of thiophene rings is 1. The van der Waals surface area contributed by atoms with Gasteiger partial charge < -0.3 is 20.5 Å². The second-order valence-corrected chi connectivity index (χ2v) is 5.92. The number of aliphatic hydroxyl groups is 1. The molecule has 2 amide bonds. The zero-order valence-electron chi connectivity index (χ0n) is 13.1. The predicted octanol–water partition coefficient (Wildman–Crippen LogP) is 3.78. The number of urea groups is 1. The van der Waals surface area contributed by atoms with Crippen molar-refractivity contribution in [2.45, 2.75) is 25.9 Å². The van der Waals surface area contributed by atoms with Gasteiger partial charge in [0.25, 0.3) is 0 Å². The normalized spacial score (nSPS) is 11.7. The van der Waals surface area contributed by atoms with Crippen molar-refractivity contribution in [1.29, 1.82) is 0 Å². The van der Waals surface area contributed by atoms with Crippen molar-refractivity contribution >= 4 is 23.1 Å². The Bertz CT molecular complexity index is 602. The molecule has 1 aromatic heterocycles. The quantitative estimate of drug-likeness (QED) is 0.643. The van der Waals surface area contributed by atoms with Gasteiger partial charge in [-0.1, -0.05) is 19.4 Å². The molecule has 0 saturated heterocycles. The summed E-state index contributed by atoms with van der Waals surface area (Å²) in [7, 11) is 0. The summed E-state index contributed by atoms with van der Waals surface area (Å²) in [4.78, 5) is 11.9. The number of hydrogen-bond acceptors (Lipinski definition) is 4. The van der Waals surface area contributed by atoms with Crippen LogP contribution in [0.3, 0.4) is 0 Å². The summed E-state index contributed by atoms with van der Waals surface area (Å²) >= 11 is 1.51. The van der Waals surface area contributed by atoms with Gasteiger partial charge in [-0.3, -0.25) is 0 Å². The van der Waals surface area contributed by atoms with E-state index in [-0.39, 0.29) is 12.6 Å². The van der Waals surface area contributed by atoms with Gasteiger partial charge in [-0.2, -0.15) is 11.3 Å². The van der Waals surface area contributed by atoms with Gasteiger partial charge in [0.05, 0.1) is 12.7 Å². The molecule has 0 aliphatic rings. The first-order valence-corrected chi connectivity index (χ1v) is 8.61. The fourth-order valence-corrected chi connectivity index (χ4v) is 2.65. The van der Waals surface area contributed by atoms with E-state index in [0.717, 1.165) is 24.2 Å². The Kier molecular flexibility index (Phi) is 6.90. The van der Waals surface area contributed by atoms with Crippen LogP contribution in [0.1, 0.15) is 31.4 Å². The van der Waals surface area contributed by atoms with E-state index in [0.29, 0.717) is 12.3 Å². The van der Waals surface area contributed by atoms with Crippen LogP contribution >= 0.6 is 11.3 Å². The van der Waals surface area contributed by atoms with Gasteiger partial charge in [0.1, 0.15) is 5.75 Å². The maximum absolute atomic E-state index is 11.9. The summed E-state index contributed by atoms with van der Waals surface area (Å²) in [6, 6.07) is 8.75. The lowest BCUT2D eigenvalue weighted by atomic mass is 10.2. The number of ether oxygens (including phenoxy) is 1. The number of benzene rings is 1. The molecule has 0 bridgehead atoms. The Hall–Kier alpha value is -2.05. The minimum Gasteiger partial charge on any atom is -0.494 e. The molecule has 1 atom stereocenters. The lowest BCUT2D eigenvalue weighted by molar-refractivity contribution is 0.175. The molecule has 6 heteroatoms. The third-order valence-corrected chi connectivity index (χ3v) is 3.94. The number of amides is 2. The van der Waals surface area contributed by atoms with E-state index in [4.69, 9.17) is 4.74 Å². The monoisotopic (exact) mass is 334 g/mol. The Balaban J connectivity index is 1.79. The maximum atomic E-state index is 11.9. The first-order chi connectivity index (χ1) is 11.2. The molecule has 0 saturated carbocycles. The molecule has 3 N–H and O–H groups in total. The molecule has 5 nitrogen and oxygen atoms in total. The standard InChI is InChI=1S/C17H22N2O3S/c1-2-3-8-22-15-6-4-5-14(10-15)19-17(21)18-11-16(20)13-7-9-23-12-13/h4-7,9-10,12,16,20H,2-3,8,11H2,1H3,(H2,18,19,21). The van der Waals surface area contributed by atoms with Crippen molar-refractivity contribution < 1.29 is 14.6 Å². The fraction of sp³-hybridized carbons (Fsp3) is 0.353. The molecule has 0 fully saturated rings. The predicted molar refractivity (Wildman–Crippen MR) is 93.1 cm³/mol. The van der Waals surface area contributed by atoms with E-state index in [1.54, 1.807) is 12.1 Å². The summed E-state index contributed by atoms with van der Waals surface area (Å²) in [6.07, 6.45) is 1.38. The van der Waals surface area contributed by atoms with Crippen LogP contribution in [0.2, 0.25) is 0 Å². The smallest absolute Gasteiger partial charge is 0.319 e. The highest BCUT2D eigenvalue weighted by Gasteiger charge is 2.10.